The molecule has 0 saturated heterocycles. The highest BCUT2D eigenvalue weighted by molar-refractivity contribution is 6.30. The van der Waals surface area contributed by atoms with E-state index in [0.717, 1.165) is 30.1 Å². The minimum atomic E-state index is -0.162. The van der Waals surface area contributed by atoms with Crippen molar-refractivity contribution < 1.29 is 9.53 Å². The Balaban J connectivity index is 1.47. The summed E-state index contributed by atoms with van der Waals surface area (Å²) in [6.07, 6.45) is 2.42. The van der Waals surface area contributed by atoms with Crippen molar-refractivity contribution in [1.82, 2.24) is 10.3 Å². The summed E-state index contributed by atoms with van der Waals surface area (Å²) in [7, 11) is 1.66. The summed E-state index contributed by atoms with van der Waals surface area (Å²) >= 11 is 5.86. The number of aromatic nitrogens is 1. The predicted octanol–water partition coefficient (Wildman–Crippen LogP) is 4.33. The number of hydrogen-bond acceptors (Lipinski definition) is 4. The molecule has 6 heteroatoms. The lowest BCUT2D eigenvalue weighted by atomic mass is 10.1. The lowest BCUT2D eigenvalue weighted by Gasteiger charge is -2.08. The average molecular weight is 396 g/mol. The molecule has 0 radical (unpaired) electrons. The largest absolute Gasteiger partial charge is 0.497 e. The first kappa shape index (κ1) is 19.7. The van der Waals surface area contributed by atoms with Crippen molar-refractivity contribution in [3.63, 3.8) is 0 Å². The van der Waals surface area contributed by atoms with Gasteiger partial charge in [0.05, 0.1) is 12.7 Å². The van der Waals surface area contributed by atoms with E-state index >= 15 is 0 Å². The van der Waals surface area contributed by atoms with Crippen molar-refractivity contribution in [3.8, 4) is 5.75 Å². The van der Waals surface area contributed by atoms with Gasteiger partial charge in [0, 0.05) is 24.3 Å². The Morgan fingerprint density at radius 3 is 2.61 bits per heavy atom. The minimum absolute atomic E-state index is 0.162. The van der Waals surface area contributed by atoms with Crippen molar-refractivity contribution in [3.05, 3.63) is 88.6 Å². The zero-order chi connectivity index (χ0) is 19.8. The second-order valence-corrected chi connectivity index (χ2v) is 6.71. The van der Waals surface area contributed by atoms with Gasteiger partial charge in [0.15, 0.2) is 0 Å². The van der Waals surface area contributed by atoms with Gasteiger partial charge in [-0.05, 0) is 53.9 Å². The van der Waals surface area contributed by atoms with Crippen molar-refractivity contribution in [2.75, 3.05) is 19.0 Å². The van der Waals surface area contributed by atoms with Gasteiger partial charge in [-0.25, -0.2) is 4.98 Å². The van der Waals surface area contributed by atoms with Crippen LogP contribution in [0, 0.1) is 0 Å². The third-order valence-corrected chi connectivity index (χ3v) is 4.50. The van der Waals surface area contributed by atoms with Crippen molar-refractivity contribution in [2.45, 2.75) is 13.0 Å². The number of anilines is 1. The van der Waals surface area contributed by atoms with Crippen LogP contribution < -0.4 is 15.4 Å². The Kier molecular flexibility index (Phi) is 6.87. The van der Waals surface area contributed by atoms with E-state index in [0.29, 0.717) is 17.1 Å². The number of methoxy groups -OCH3 is 1. The van der Waals surface area contributed by atoms with Crippen LogP contribution in [0.2, 0.25) is 5.02 Å². The number of ether oxygens (including phenoxy) is 1. The second kappa shape index (κ2) is 9.76. The maximum Gasteiger partial charge on any atom is 0.253 e. The number of hydrogen-bond donors (Lipinski definition) is 2. The van der Waals surface area contributed by atoms with Gasteiger partial charge in [-0.1, -0.05) is 35.9 Å². The molecule has 1 amide bonds. The number of carbonyl (C=O) groups excluding carboxylic acids is 1. The second-order valence-electron chi connectivity index (χ2n) is 6.27. The van der Waals surface area contributed by atoms with E-state index < -0.39 is 0 Å². The molecular weight excluding hydrogens is 374 g/mol. The smallest absolute Gasteiger partial charge is 0.253 e. The molecule has 0 saturated carbocycles. The first-order chi connectivity index (χ1) is 13.6. The van der Waals surface area contributed by atoms with E-state index in [2.05, 4.69) is 21.7 Å². The van der Waals surface area contributed by atoms with Crippen LogP contribution in [0.3, 0.4) is 0 Å². The fourth-order valence-electron chi connectivity index (χ4n) is 2.68. The van der Waals surface area contributed by atoms with Gasteiger partial charge in [-0.15, -0.1) is 0 Å². The standard InChI is InChI=1S/C22H22ClN3O2/c1-28-20-4-2-3-16(13-20)11-12-24-21-10-7-18(15-25-21)22(27)26-14-17-5-8-19(23)9-6-17/h2-10,13,15H,11-12,14H2,1H3,(H,24,25)(H,26,27). The number of nitrogens with zero attached hydrogens (tertiary/aromatic N) is 1. The average Bonchev–Trinajstić information content (AvgIpc) is 2.74. The van der Waals surface area contributed by atoms with Gasteiger partial charge in [0.2, 0.25) is 0 Å². The summed E-state index contributed by atoms with van der Waals surface area (Å²) < 4.78 is 5.23. The van der Waals surface area contributed by atoms with Gasteiger partial charge in [0.1, 0.15) is 11.6 Å². The number of amides is 1. The molecule has 28 heavy (non-hydrogen) atoms. The van der Waals surface area contributed by atoms with Crippen LogP contribution >= 0.6 is 11.6 Å². The molecule has 0 atom stereocenters. The Bertz CT molecular complexity index is 912. The van der Waals surface area contributed by atoms with Crippen molar-refractivity contribution in [1.29, 1.82) is 0 Å². The zero-order valence-corrected chi connectivity index (χ0v) is 16.4. The highest BCUT2D eigenvalue weighted by atomic mass is 35.5. The minimum Gasteiger partial charge on any atom is -0.497 e. The molecule has 5 nitrogen and oxygen atoms in total. The summed E-state index contributed by atoms with van der Waals surface area (Å²) in [5, 5.41) is 6.81. The third-order valence-electron chi connectivity index (χ3n) is 4.25. The lowest BCUT2D eigenvalue weighted by Crippen LogP contribution is -2.23. The van der Waals surface area contributed by atoms with Crippen molar-refractivity contribution >= 4 is 23.3 Å². The molecule has 3 aromatic rings. The normalized spacial score (nSPS) is 10.4. The van der Waals surface area contributed by atoms with Crippen LogP contribution in [-0.4, -0.2) is 24.5 Å². The Morgan fingerprint density at radius 1 is 1.07 bits per heavy atom. The van der Waals surface area contributed by atoms with E-state index in [1.807, 2.05) is 36.4 Å². The summed E-state index contributed by atoms with van der Waals surface area (Å²) in [6.45, 7) is 1.18. The molecule has 0 spiro atoms. The number of halogens is 1. The maximum absolute atomic E-state index is 12.2. The van der Waals surface area contributed by atoms with Crippen LogP contribution in [-0.2, 0) is 13.0 Å². The topological polar surface area (TPSA) is 63.2 Å². The monoisotopic (exact) mass is 395 g/mol. The van der Waals surface area contributed by atoms with E-state index in [1.165, 1.54) is 5.56 Å². The molecule has 3 rings (SSSR count). The molecule has 0 bridgehead atoms. The van der Waals surface area contributed by atoms with E-state index in [-0.39, 0.29) is 5.91 Å². The van der Waals surface area contributed by atoms with Gasteiger partial charge < -0.3 is 15.4 Å². The van der Waals surface area contributed by atoms with E-state index in [4.69, 9.17) is 16.3 Å². The number of rotatable bonds is 8. The third kappa shape index (κ3) is 5.72. The SMILES string of the molecule is COc1cccc(CCNc2ccc(C(=O)NCc3ccc(Cl)cc3)cn2)c1. The molecular formula is C22H22ClN3O2. The number of benzene rings is 2. The molecule has 0 unspecified atom stereocenters. The van der Waals surface area contributed by atoms with Crippen LogP contribution in [0.5, 0.6) is 5.75 Å². The van der Waals surface area contributed by atoms with Crippen LogP contribution in [0.15, 0.2) is 66.9 Å². The van der Waals surface area contributed by atoms with Gasteiger partial charge >= 0.3 is 0 Å². The summed E-state index contributed by atoms with van der Waals surface area (Å²) in [5.41, 5.74) is 2.69. The Morgan fingerprint density at radius 2 is 1.89 bits per heavy atom. The maximum atomic E-state index is 12.2. The highest BCUT2D eigenvalue weighted by Crippen LogP contribution is 2.13. The first-order valence-electron chi connectivity index (χ1n) is 8.99. The zero-order valence-electron chi connectivity index (χ0n) is 15.6. The quantitative estimate of drug-likeness (QED) is 0.596. The molecule has 144 valence electrons. The Hall–Kier alpha value is -3.05. The molecule has 0 fully saturated rings. The van der Waals surface area contributed by atoms with Gasteiger partial charge in [-0.3, -0.25) is 4.79 Å². The predicted molar refractivity (Wildman–Crippen MR) is 112 cm³/mol. The molecule has 2 N–H and O–H groups in total. The molecule has 1 aromatic heterocycles. The molecule has 0 aliphatic heterocycles. The number of nitrogens with one attached hydrogen (secondary N) is 2. The van der Waals surface area contributed by atoms with E-state index in [1.54, 1.807) is 31.5 Å². The first-order valence-corrected chi connectivity index (χ1v) is 9.37. The van der Waals surface area contributed by atoms with Crippen LogP contribution in [0.4, 0.5) is 5.82 Å². The fourth-order valence-corrected chi connectivity index (χ4v) is 2.81. The van der Waals surface area contributed by atoms with Gasteiger partial charge in [-0.2, -0.15) is 0 Å². The molecule has 2 aromatic carbocycles. The van der Waals surface area contributed by atoms with Crippen LogP contribution in [0.1, 0.15) is 21.5 Å². The van der Waals surface area contributed by atoms with E-state index in [9.17, 15) is 4.79 Å². The lowest BCUT2D eigenvalue weighted by molar-refractivity contribution is 0.0950. The Labute approximate surface area is 169 Å². The van der Waals surface area contributed by atoms with Crippen LogP contribution in [0.25, 0.3) is 0 Å². The molecule has 0 aliphatic rings. The summed E-state index contributed by atoms with van der Waals surface area (Å²) in [5.74, 6) is 1.42. The molecule has 1 heterocycles. The molecule has 0 aliphatic carbocycles. The number of pyridine rings is 1. The van der Waals surface area contributed by atoms with Gasteiger partial charge in [0.25, 0.3) is 5.91 Å². The van der Waals surface area contributed by atoms with Crippen molar-refractivity contribution in [2.24, 2.45) is 0 Å². The summed E-state index contributed by atoms with van der Waals surface area (Å²) in [4.78, 5) is 16.6. The number of carbonyl (C=O) groups is 1. The summed E-state index contributed by atoms with van der Waals surface area (Å²) in [6, 6.07) is 18.9. The fraction of sp³-hybridized carbons (Fsp3) is 0.182. The highest BCUT2D eigenvalue weighted by Gasteiger charge is 2.06.